The maximum atomic E-state index is 11.2. The molecule has 0 saturated heterocycles. The summed E-state index contributed by atoms with van der Waals surface area (Å²) in [6.07, 6.45) is 4.80. The van der Waals surface area contributed by atoms with E-state index in [2.05, 4.69) is 24.2 Å². The molecule has 0 fully saturated rings. The first-order valence-corrected chi connectivity index (χ1v) is 6.48. The van der Waals surface area contributed by atoms with Gasteiger partial charge in [0, 0.05) is 12.6 Å². The first kappa shape index (κ1) is 13.3. The molecule has 4 heteroatoms. The number of nitrogens with zero attached hydrogens (tertiary/aromatic N) is 2. The second-order valence-corrected chi connectivity index (χ2v) is 4.64. The molecule has 1 aromatic heterocycles. The normalized spacial score (nSPS) is 10.6. The van der Waals surface area contributed by atoms with Crippen molar-refractivity contribution in [1.29, 1.82) is 0 Å². The van der Waals surface area contributed by atoms with Gasteiger partial charge in [0.1, 0.15) is 5.56 Å². The van der Waals surface area contributed by atoms with Crippen LogP contribution in [0.25, 0.3) is 11.3 Å². The summed E-state index contributed by atoms with van der Waals surface area (Å²) in [6.45, 7) is 2.17. The van der Waals surface area contributed by atoms with Crippen molar-refractivity contribution in [2.75, 3.05) is 0 Å². The van der Waals surface area contributed by atoms with Gasteiger partial charge in [-0.1, -0.05) is 37.6 Å². The number of unbranched alkanes of at least 4 members (excludes halogenated alkanes) is 1. The van der Waals surface area contributed by atoms with E-state index in [1.807, 2.05) is 12.1 Å². The summed E-state index contributed by atoms with van der Waals surface area (Å²) < 4.78 is 1.60. The third-order valence-electron chi connectivity index (χ3n) is 3.22. The molecule has 0 aliphatic carbocycles. The lowest BCUT2D eigenvalue weighted by atomic mass is 10.0. The second-order valence-electron chi connectivity index (χ2n) is 4.64. The van der Waals surface area contributed by atoms with Crippen LogP contribution in [-0.2, 0) is 13.5 Å². The zero-order valence-electron chi connectivity index (χ0n) is 11.3. The molecule has 0 amide bonds. The molecule has 0 unspecified atom stereocenters. The van der Waals surface area contributed by atoms with Crippen LogP contribution in [0.2, 0.25) is 0 Å². The molecule has 100 valence electrons. The standard InChI is InChI=1S/C15H18N2O2/c1-3-4-5-11-6-8-12(9-7-11)14-13(15(18)19)10-16-17(14)2/h6-10H,3-5H2,1-2H3,(H,18,19). The van der Waals surface area contributed by atoms with Gasteiger partial charge in [0.2, 0.25) is 0 Å². The van der Waals surface area contributed by atoms with Crippen LogP contribution >= 0.6 is 0 Å². The van der Waals surface area contributed by atoms with Gasteiger partial charge in [0.25, 0.3) is 0 Å². The largest absolute Gasteiger partial charge is 0.478 e. The first-order valence-electron chi connectivity index (χ1n) is 6.48. The van der Waals surface area contributed by atoms with Crippen LogP contribution in [0.3, 0.4) is 0 Å². The topological polar surface area (TPSA) is 55.1 Å². The summed E-state index contributed by atoms with van der Waals surface area (Å²) >= 11 is 0. The summed E-state index contributed by atoms with van der Waals surface area (Å²) in [5.41, 5.74) is 3.06. The third-order valence-corrected chi connectivity index (χ3v) is 3.22. The van der Waals surface area contributed by atoms with Crippen molar-refractivity contribution < 1.29 is 9.90 Å². The Bertz CT molecular complexity index is 570. The van der Waals surface area contributed by atoms with E-state index in [4.69, 9.17) is 5.11 Å². The minimum absolute atomic E-state index is 0.240. The zero-order chi connectivity index (χ0) is 13.8. The Balaban J connectivity index is 2.32. The Morgan fingerprint density at radius 3 is 2.58 bits per heavy atom. The van der Waals surface area contributed by atoms with E-state index in [0.717, 1.165) is 12.0 Å². The minimum atomic E-state index is -0.946. The lowest BCUT2D eigenvalue weighted by Crippen LogP contribution is -2.00. The number of carboxylic acid groups (broad SMARTS) is 1. The van der Waals surface area contributed by atoms with Crippen LogP contribution in [0.5, 0.6) is 0 Å². The van der Waals surface area contributed by atoms with E-state index in [1.165, 1.54) is 24.6 Å². The van der Waals surface area contributed by atoms with E-state index in [9.17, 15) is 4.79 Å². The average molecular weight is 258 g/mol. The molecule has 0 spiro atoms. The molecule has 0 atom stereocenters. The third kappa shape index (κ3) is 2.84. The van der Waals surface area contributed by atoms with Crippen LogP contribution in [0, 0.1) is 0 Å². The van der Waals surface area contributed by atoms with E-state index < -0.39 is 5.97 Å². The van der Waals surface area contributed by atoms with Crippen molar-refractivity contribution in [2.24, 2.45) is 7.05 Å². The SMILES string of the molecule is CCCCc1ccc(-c2c(C(=O)O)cnn2C)cc1. The zero-order valence-corrected chi connectivity index (χ0v) is 11.3. The monoisotopic (exact) mass is 258 g/mol. The van der Waals surface area contributed by atoms with Crippen molar-refractivity contribution in [2.45, 2.75) is 26.2 Å². The van der Waals surface area contributed by atoms with E-state index >= 15 is 0 Å². The van der Waals surface area contributed by atoms with Crippen molar-refractivity contribution in [3.8, 4) is 11.3 Å². The number of aryl methyl sites for hydroxylation is 2. The highest BCUT2D eigenvalue weighted by molar-refractivity contribution is 5.94. The van der Waals surface area contributed by atoms with Crippen molar-refractivity contribution >= 4 is 5.97 Å². The maximum Gasteiger partial charge on any atom is 0.339 e. The van der Waals surface area contributed by atoms with Gasteiger partial charge < -0.3 is 5.11 Å². The average Bonchev–Trinajstić information content (AvgIpc) is 2.79. The number of aromatic nitrogens is 2. The van der Waals surface area contributed by atoms with Crippen LogP contribution in [0.15, 0.2) is 30.5 Å². The molecule has 4 nitrogen and oxygen atoms in total. The predicted octanol–water partition coefficient (Wildman–Crippen LogP) is 3.13. The summed E-state index contributed by atoms with van der Waals surface area (Å²) in [5, 5.41) is 13.2. The van der Waals surface area contributed by atoms with Gasteiger partial charge in [-0.15, -0.1) is 0 Å². The Kier molecular flexibility index (Phi) is 4.00. The van der Waals surface area contributed by atoms with Crippen LogP contribution in [0.1, 0.15) is 35.7 Å². The summed E-state index contributed by atoms with van der Waals surface area (Å²) in [5.74, 6) is -0.946. The summed E-state index contributed by atoms with van der Waals surface area (Å²) in [7, 11) is 1.76. The Labute approximate surface area is 112 Å². The van der Waals surface area contributed by atoms with Gasteiger partial charge in [-0.05, 0) is 18.4 Å². The van der Waals surface area contributed by atoms with Crippen LogP contribution in [0.4, 0.5) is 0 Å². The number of benzene rings is 1. The number of rotatable bonds is 5. The highest BCUT2D eigenvalue weighted by atomic mass is 16.4. The van der Waals surface area contributed by atoms with Gasteiger partial charge >= 0.3 is 5.97 Å². The number of carbonyl (C=O) groups is 1. The lowest BCUT2D eigenvalue weighted by Gasteiger charge is -2.06. The van der Waals surface area contributed by atoms with Crippen molar-refractivity contribution in [1.82, 2.24) is 9.78 Å². The maximum absolute atomic E-state index is 11.2. The van der Waals surface area contributed by atoms with Gasteiger partial charge in [0.05, 0.1) is 11.9 Å². The highest BCUT2D eigenvalue weighted by Crippen LogP contribution is 2.23. The summed E-state index contributed by atoms with van der Waals surface area (Å²) in [4.78, 5) is 11.2. The van der Waals surface area contributed by atoms with Crippen molar-refractivity contribution in [3.05, 3.63) is 41.6 Å². The molecule has 0 aliphatic rings. The lowest BCUT2D eigenvalue weighted by molar-refractivity contribution is 0.0697. The molecular weight excluding hydrogens is 240 g/mol. The van der Waals surface area contributed by atoms with Gasteiger partial charge in [-0.2, -0.15) is 5.10 Å². The van der Waals surface area contributed by atoms with E-state index in [-0.39, 0.29) is 5.56 Å². The van der Waals surface area contributed by atoms with Gasteiger partial charge in [-0.3, -0.25) is 4.68 Å². The molecule has 0 aliphatic heterocycles. The number of aromatic carboxylic acids is 1. The van der Waals surface area contributed by atoms with Gasteiger partial charge in [0.15, 0.2) is 0 Å². The molecule has 0 bridgehead atoms. The van der Waals surface area contributed by atoms with Crippen molar-refractivity contribution in [3.63, 3.8) is 0 Å². The fraction of sp³-hybridized carbons (Fsp3) is 0.333. The molecule has 1 heterocycles. The number of carboxylic acids is 1. The Hall–Kier alpha value is -2.10. The molecule has 0 radical (unpaired) electrons. The van der Waals surface area contributed by atoms with Gasteiger partial charge in [-0.25, -0.2) is 4.79 Å². The molecule has 0 saturated carbocycles. The fourth-order valence-corrected chi connectivity index (χ4v) is 2.15. The van der Waals surface area contributed by atoms with Crippen LogP contribution in [-0.4, -0.2) is 20.9 Å². The highest BCUT2D eigenvalue weighted by Gasteiger charge is 2.16. The fourth-order valence-electron chi connectivity index (χ4n) is 2.15. The Morgan fingerprint density at radius 1 is 1.32 bits per heavy atom. The number of hydrogen-bond donors (Lipinski definition) is 1. The molecule has 2 rings (SSSR count). The Morgan fingerprint density at radius 2 is 2.00 bits per heavy atom. The molecule has 1 N–H and O–H groups in total. The molecular formula is C15H18N2O2. The summed E-state index contributed by atoms with van der Waals surface area (Å²) in [6, 6.07) is 8.05. The molecule has 19 heavy (non-hydrogen) atoms. The second kappa shape index (κ2) is 5.69. The minimum Gasteiger partial charge on any atom is -0.478 e. The molecule has 2 aromatic rings. The first-order chi connectivity index (χ1) is 9.13. The quantitative estimate of drug-likeness (QED) is 0.896. The number of hydrogen-bond acceptors (Lipinski definition) is 2. The van der Waals surface area contributed by atoms with E-state index in [0.29, 0.717) is 5.69 Å². The predicted molar refractivity (Wildman–Crippen MR) is 74.2 cm³/mol. The van der Waals surface area contributed by atoms with Crippen LogP contribution < -0.4 is 0 Å². The molecule has 1 aromatic carbocycles. The smallest absolute Gasteiger partial charge is 0.339 e. The van der Waals surface area contributed by atoms with E-state index in [1.54, 1.807) is 11.7 Å².